The topological polar surface area (TPSA) is 40.5 Å². The van der Waals surface area contributed by atoms with Crippen molar-refractivity contribution in [1.82, 2.24) is 4.90 Å². The van der Waals surface area contributed by atoms with E-state index in [1.54, 1.807) is 38.7 Å². The van der Waals surface area contributed by atoms with E-state index in [0.717, 1.165) is 5.56 Å². The smallest absolute Gasteiger partial charge is 0.246 e. The second-order valence-electron chi connectivity index (χ2n) is 5.11. The van der Waals surface area contributed by atoms with Gasteiger partial charge in [-0.2, -0.15) is 0 Å². The number of aliphatic hydroxyl groups is 1. The van der Waals surface area contributed by atoms with Gasteiger partial charge in [-0.15, -0.1) is 11.8 Å². The first-order chi connectivity index (χ1) is 8.81. The van der Waals surface area contributed by atoms with Crippen molar-refractivity contribution in [1.29, 1.82) is 0 Å². The average molecular weight is 279 g/mol. The number of hydrogen-bond donors (Lipinski definition) is 1. The van der Waals surface area contributed by atoms with Crippen LogP contribution in [0.1, 0.15) is 19.4 Å². The van der Waals surface area contributed by atoms with E-state index in [2.05, 4.69) is 0 Å². The molecule has 0 atom stereocenters. The summed E-state index contributed by atoms with van der Waals surface area (Å²) in [6, 6.07) is 8.00. The Kier molecular flexibility index (Phi) is 5.63. The molecule has 0 saturated carbocycles. The summed E-state index contributed by atoms with van der Waals surface area (Å²) in [6.45, 7) is 3.67. The quantitative estimate of drug-likeness (QED) is 0.665. The van der Waals surface area contributed by atoms with Crippen LogP contribution in [0, 0.1) is 0 Å². The molecule has 0 spiro atoms. The van der Waals surface area contributed by atoms with Gasteiger partial charge in [0.2, 0.25) is 5.91 Å². The largest absolute Gasteiger partial charge is 0.389 e. The number of rotatable bonds is 5. The van der Waals surface area contributed by atoms with Gasteiger partial charge >= 0.3 is 0 Å². The van der Waals surface area contributed by atoms with Crippen LogP contribution in [0.5, 0.6) is 0 Å². The molecule has 0 heterocycles. The third kappa shape index (κ3) is 5.94. The molecule has 19 heavy (non-hydrogen) atoms. The first-order valence-electron chi connectivity index (χ1n) is 6.11. The number of carbonyl (C=O) groups excluding carboxylic acids is 1. The Morgan fingerprint density at radius 2 is 1.95 bits per heavy atom. The van der Waals surface area contributed by atoms with E-state index in [1.165, 1.54) is 15.9 Å². The fourth-order valence-corrected chi connectivity index (χ4v) is 2.08. The Hall–Kier alpha value is -1.26. The van der Waals surface area contributed by atoms with E-state index in [-0.39, 0.29) is 5.91 Å². The van der Waals surface area contributed by atoms with Crippen molar-refractivity contribution < 1.29 is 9.90 Å². The summed E-state index contributed by atoms with van der Waals surface area (Å²) in [5.74, 6) is -0.115. The highest BCUT2D eigenvalue weighted by atomic mass is 32.2. The molecule has 1 amide bonds. The number of amides is 1. The van der Waals surface area contributed by atoms with Gasteiger partial charge in [-0.3, -0.25) is 4.79 Å². The van der Waals surface area contributed by atoms with Gasteiger partial charge in [0.15, 0.2) is 0 Å². The van der Waals surface area contributed by atoms with E-state index in [4.69, 9.17) is 0 Å². The molecule has 1 rings (SSSR count). The molecule has 0 aromatic heterocycles. The molecule has 0 aliphatic rings. The lowest BCUT2D eigenvalue weighted by Crippen LogP contribution is -2.38. The molecule has 0 aliphatic carbocycles. The van der Waals surface area contributed by atoms with Crippen molar-refractivity contribution in [2.24, 2.45) is 0 Å². The molecule has 4 heteroatoms. The molecule has 1 N–H and O–H groups in total. The molecule has 1 aromatic carbocycles. The predicted molar refractivity (Wildman–Crippen MR) is 81.2 cm³/mol. The highest BCUT2D eigenvalue weighted by Gasteiger charge is 2.17. The minimum Gasteiger partial charge on any atom is -0.389 e. The number of thioether (sulfide) groups is 1. The third-order valence-electron chi connectivity index (χ3n) is 2.53. The van der Waals surface area contributed by atoms with E-state index in [9.17, 15) is 9.90 Å². The average Bonchev–Trinajstić information content (AvgIpc) is 2.34. The van der Waals surface area contributed by atoms with E-state index >= 15 is 0 Å². The maximum atomic E-state index is 11.8. The molecule has 0 fully saturated rings. The normalized spacial score (nSPS) is 11.8. The lowest BCUT2D eigenvalue weighted by molar-refractivity contribution is -0.127. The summed E-state index contributed by atoms with van der Waals surface area (Å²) in [5.41, 5.74) is 0.112. The fourth-order valence-electron chi connectivity index (χ4n) is 1.67. The Morgan fingerprint density at radius 3 is 2.42 bits per heavy atom. The number of nitrogens with zero attached hydrogens (tertiary/aromatic N) is 1. The van der Waals surface area contributed by atoms with Gasteiger partial charge in [0.1, 0.15) is 0 Å². The van der Waals surface area contributed by atoms with Crippen LogP contribution in [-0.2, 0) is 4.79 Å². The molecule has 1 aromatic rings. The second-order valence-corrected chi connectivity index (χ2v) is 5.99. The summed E-state index contributed by atoms with van der Waals surface area (Å²) in [7, 11) is 1.68. The van der Waals surface area contributed by atoms with E-state index in [0.29, 0.717) is 6.54 Å². The Morgan fingerprint density at radius 1 is 1.37 bits per heavy atom. The first-order valence-corrected chi connectivity index (χ1v) is 7.34. The number of benzene rings is 1. The van der Waals surface area contributed by atoms with Crippen LogP contribution in [-0.4, -0.2) is 41.4 Å². The third-order valence-corrected chi connectivity index (χ3v) is 3.28. The number of hydrogen-bond acceptors (Lipinski definition) is 3. The van der Waals surface area contributed by atoms with Gasteiger partial charge in [0.25, 0.3) is 0 Å². The zero-order chi connectivity index (χ0) is 14.5. The van der Waals surface area contributed by atoms with Crippen LogP contribution in [0.25, 0.3) is 6.08 Å². The van der Waals surface area contributed by atoms with Crippen LogP contribution >= 0.6 is 11.8 Å². The Balaban J connectivity index is 2.62. The van der Waals surface area contributed by atoms with E-state index < -0.39 is 5.60 Å². The van der Waals surface area contributed by atoms with Gasteiger partial charge in [-0.25, -0.2) is 0 Å². The maximum absolute atomic E-state index is 11.8. The molecule has 0 aliphatic heterocycles. The summed E-state index contributed by atoms with van der Waals surface area (Å²) in [5, 5.41) is 9.66. The molecule has 0 unspecified atom stereocenters. The molecule has 3 nitrogen and oxygen atoms in total. The Labute approximate surface area is 119 Å². The van der Waals surface area contributed by atoms with Crippen LogP contribution in [0.15, 0.2) is 35.2 Å². The van der Waals surface area contributed by atoms with Crippen LogP contribution in [0.3, 0.4) is 0 Å². The van der Waals surface area contributed by atoms with Crippen LogP contribution in [0.4, 0.5) is 0 Å². The number of likely N-dealkylation sites (N-methyl/N-ethyl adjacent to an activating group) is 1. The summed E-state index contributed by atoms with van der Waals surface area (Å²) >= 11 is 1.69. The van der Waals surface area contributed by atoms with Gasteiger partial charge < -0.3 is 10.0 Å². The van der Waals surface area contributed by atoms with E-state index in [1.807, 2.05) is 30.5 Å². The van der Waals surface area contributed by atoms with Gasteiger partial charge in [0.05, 0.1) is 5.60 Å². The zero-order valence-electron chi connectivity index (χ0n) is 11.9. The highest BCUT2D eigenvalue weighted by Crippen LogP contribution is 2.15. The van der Waals surface area contributed by atoms with Crippen LogP contribution < -0.4 is 0 Å². The van der Waals surface area contributed by atoms with Crippen molar-refractivity contribution in [3.8, 4) is 0 Å². The SMILES string of the molecule is CSc1ccc(/C=C/C(=O)N(C)CC(C)(C)O)cc1. The first kappa shape index (κ1) is 15.8. The zero-order valence-corrected chi connectivity index (χ0v) is 12.7. The molecule has 0 radical (unpaired) electrons. The summed E-state index contributed by atoms with van der Waals surface area (Å²) < 4.78 is 0. The van der Waals surface area contributed by atoms with Crippen molar-refractivity contribution in [3.63, 3.8) is 0 Å². The molecular formula is C15H21NO2S. The molecule has 104 valence electrons. The Bertz CT molecular complexity index is 446. The lowest BCUT2D eigenvalue weighted by Gasteiger charge is -2.24. The van der Waals surface area contributed by atoms with Gasteiger partial charge in [-0.1, -0.05) is 12.1 Å². The minimum atomic E-state index is -0.877. The molecule has 0 saturated heterocycles. The number of carbonyl (C=O) groups is 1. The minimum absolute atomic E-state index is 0.115. The maximum Gasteiger partial charge on any atom is 0.246 e. The summed E-state index contributed by atoms with van der Waals surface area (Å²) in [4.78, 5) is 14.5. The fraction of sp³-hybridized carbons (Fsp3) is 0.400. The van der Waals surface area contributed by atoms with Crippen molar-refractivity contribution in [3.05, 3.63) is 35.9 Å². The van der Waals surface area contributed by atoms with Crippen molar-refractivity contribution in [2.75, 3.05) is 19.8 Å². The van der Waals surface area contributed by atoms with Gasteiger partial charge in [-0.05, 0) is 43.9 Å². The van der Waals surface area contributed by atoms with Crippen molar-refractivity contribution in [2.45, 2.75) is 24.3 Å². The predicted octanol–water partition coefficient (Wildman–Crippen LogP) is 2.65. The lowest BCUT2D eigenvalue weighted by atomic mass is 10.1. The second kappa shape index (κ2) is 6.78. The highest BCUT2D eigenvalue weighted by molar-refractivity contribution is 7.98. The molecule has 0 bridgehead atoms. The van der Waals surface area contributed by atoms with Gasteiger partial charge in [0, 0.05) is 24.6 Å². The summed E-state index contributed by atoms with van der Waals surface area (Å²) in [6.07, 6.45) is 5.34. The molecular weight excluding hydrogens is 258 g/mol. The standard InChI is InChI=1S/C15H21NO2S/c1-15(2,18)11-16(3)14(17)10-7-12-5-8-13(19-4)9-6-12/h5-10,18H,11H2,1-4H3/b10-7+. The van der Waals surface area contributed by atoms with Crippen LogP contribution in [0.2, 0.25) is 0 Å². The van der Waals surface area contributed by atoms with Crippen molar-refractivity contribution >= 4 is 23.7 Å². The monoisotopic (exact) mass is 279 g/mol.